The van der Waals surface area contributed by atoms with Crippen LogP contribution in [0.2, 0.25) is 0 Å². The number of rotatable bonds is 10. The van der Waals surface area contributed by atoms with Crippen LogP contribution in [-0.2, 0) is 9.47 Å². The number of thioether (sulfide) groups is 1. The average Bonchev–Trinajstić information content (AvgIpc) is 3.06. The van der Waals surface area contributed by atoms with E-state index in [0.717, 1.165) is 38.7 Å². The molecule has 1 heterocycles. The van der Waals surface area contributed by atoms with Crippen molar-refractivity contribution in [3.05, 3.63) is 0 Å². The van der Waals surface area contributed by atoms with E-state index in [0.29, 0.717) is 6.10 Å². The molecule has 0 aliphatic carbocycles. The summed E-state index contributed by atoms with van der Waals surface area (Å²) < 4.78 is 10.5. The molecule has 0 spiro atoms. The summed E-state index contributed by atoms with van der Waals surface area (Å²) in [4.78, 5) is 2.45. The Morgan fingerprint density at radius 1 is 1.33 bits per heavy atom. The second-order valence-corrected chi connectivity index (χ2v) is 4.89. The first-order valence-corrected chi connectivity index (χ1v) is 7.01. The van der Waals surface area contributed by atoms with E-state index in [2.05, 4.69) is 18.7 Å². The van der Waals surface area contributed by atoms with Crippen molar-refractivity contribution >= 4 is 11.8 Å². The van der Waals surface area contributed by atoms with Gasteiger partial charge in [0.1, 0.15) is 6.10 Å². The van der Waals surface area contributed by atoms with E-state index in [1.807, 2.05) is 11.8 Å². The van der Waals surface area contributed by atoms with E-state index < -0.39 is 0 Å². The molecular formula is C11H23NO2S. The maximum atomic E-state index is 5.46. The molecule has 0 aromatic heterocycles. The highest BCUT2D eigenvalue weighted by atomic mass is 32.2. The van der Waals surface area contributed by atoms with Crippen molar-refractivity contribution in [1.29, 1.82) is 0 Å². The summed E-state index contributed by atoms with van der Waals surface area (Å²) in [6, 6.07) is 0. The largest absolute Gasteiger partial charge is 0.378 e. The third kappa shape index (κ3) is 7.17. The molecule has 0 aromatic carbocycles. The molecule has 1 aliphatic rings. The molecule has 1 fully saturated rings. The Morgan fingerprint density at radius 3 is 2.67 bits per heavy atom. The molecule has 1 atom stereocenters. The highest BCUT2D eigenvalue weighted by Gasteiger charge is 2.21. The minimum Gasteiger partial charge on any atom is -0.378 e. The van der Waals surface area contributed by atoms with Crippen molar-refractivity contribution in [2.45, 2.75) is 20.0 Å². The lowest BCUT2D eigenvalue weighted by Crippen LogP contribution is -2.25. The molecule has 0 saturated carbocycles. The molecular weight excluding hydrogens is 210 g/mol. The molecule has 1 unspecified atom stereocenters. The molecule has 0 radical (unpaired) electrons. The predicted octanol–water partition coefficient (Wildman–Crippen LogP) is 1.48. The first kappa shape index (κ1) is 13.3. The van der Waals surface area contributed by atoms with Crippen LogP contribution in [-0.4, -0.2) is 62.0 Å². The second kappa shape index (κ2) is 8.39. The van der Waals surface area contributed by atoms with Gasteiger partial charge in [-0.1, -0.05) is 13.8 Å². The van der Waals surface area contributed by atoms with Crippen LogP contribution in [0.3, 0.4) is 0 Å². The van der Waals surface area contributed by atoms with Crippen molar-refractivity contribution in [3.8, 4) is 0 Å². The SMILES string of the molecule is CCN(CC)CCSCCOCC1CO1. The van der Waals surface area contributed by atoms with Gasteiger partial charge in [0.2, 0.25) is 0 Å². The van der Waals surface area contributed by atoms with E-state index in [1.165, 1.54) is 12.3 Å². The molecule has 3 nitrogen and oxygen atoms in total. The minimum atomic E-state index is 0.408. The summed E-state index contributed by atoms with van der Waals surface area (Å²) in [5.41, 5.74) is 0. The van der Waals surface area contributed by atoms with Crippen LogP contribution in [0.25, 0.3) is 0 Å². The normalized spacial score (nSPS) is 19.8. The number of hydrogen-bond donors (Lipinski definition) is 0. The van der Waals surface area contributed by atoms with Crippen LogP contribution < -0.4 is 0 Å². The van der Waals surface area contributed by atoms with E-state index in [1.54, 1.807) is 0 Å². The fourth-order valence-electron chi connectivity index (χ4n) is 1.33. The Morgan fingerprint density at radius 2 is 2.07 bits per heavy atom. The molecule has 0 N–H and O–H groups in total. The molecule has 15 heavy (non-hydrogen) atoms. The van der Waals surface area contributed by atoms with E-state index >= 15 is 0 Å². The third-order valence-corrected chi connectivity index (χ3v) is 3.45. The van der Waals surface area contributed by atoms with Gasteiger partial charge in [-0.25, -0.2) is 0 Å². The standard InChI is InChI=1S/C11H23NO2S/c1-3-12(4-2)5-7-15-8-6-13-9-11-10-14-11/h11H,3-10H2,1-2H3. The highest BCUT2D eigenvalue weighted by Crippen LogP contribution is 2.09. The van der Waals surface area contributed by atoms with Gasteiger partial charge in [0.25, 0.3) is 0 Å². The fraction of sp³-hybridized carbons (Fsp3) is 1.00. The maximum absolute atomic E-state index is 5.46. The number of nitrogens with zero attached hydrogens (tertiary/aromatic N) is 1. The average molecular weight is 233 g/mol. The van der Waals surface area contributed by atoms with Crippen LogP contribution in [0, 0.1) is 0 Å². The summed E-state index contributed by atoms with van der Waals surface area (Å²) in [6.07, 6.45) is 0.408. The molecule has 1 aliphatic heterocycles. The van der Waals surface area contributed by atoms with Gasteiger partial charge < -0.3 is 14.4 Å². The van der Waals surface area contributed by atoms with Crippen molar-refractivity contribution < 1.29 is 9.47 Å². The molecule has 0 bridgehead atoms. The van der Waals surface area contributed by atoms with E-state index in [-0.39, 0.29) is 0 Å². The van der Waals surface area contributed by atoms with Gasteiger partial charge in [-0.05, 0) is 13.1 Å². The molecule has 1 rings (SSSR count). The van der Waals surface area contributed by atoms with Crippen LogP contribution >= 0.6 is 11.8 Å². The lowest BCUT2D eigenvalue weighted by atomic mass is 10.5. The van der Waals surface area contributed by atoms with Gasteiger partial charge in [0.05, 0.1) is 19.8 Å². The second-order valence-electron chi connectivity index (χ2n) is 3.67. The monoisotopic (exact) mass is 233 g/mol. The Labute approximate surface area is 97.5 Å². The Hall–Kier alpha value is 0.230. The highest BCUT2D eigenvalue weighted by molar-refractivity contribution is 7.99. The summed E-state index contributed by atoms with van der Waals surface area (Å²) >= 11 is 1.98. The van der Waals surface area contributed by atoms with Gasteiger partial charge >= 0.3 is 0 Å². The summed E-state index contributed by atoms with van der Waals surface area (Å²) in [6.45, 7) is 10.5. The maximum Gasteiger partial charge on any atom is 0.104 e. The fourth-order valence-corrected chi connectivity index (χ4v) is 2.16. The molecule has 1 saturated heterocycles. The zero-order valence-electron chi connectivity index (χ0n) is 9.91. The van der Waals surface area contributed by atoms with E-state index in [9.17, 15) is 0 Å². The number of epoxide rings is 1. The quantitative estimate of drug-likeness (QED) is 0.421. The van der Waals surface area contributed by atoms with Gasteiger partial charge in [-0.3, -0.25) is 0 Å². The van der Waals surface area contributed by atoms with Crippen LogP contribution in [0.1, 0.15) is 13.8 Å². The van der Waals surface area contributed by atoms with Gasteiger partial charge in [-0.2, -0.15) is 11.8 Å². The Kier molecular flexibility index (Phi) is 7.44. The van der Waals surface area contributed by atoms with Gasteiger partial charge in [-0.15, -0.1) is 0 Å². The van der Waals surface area contributed by atoms with Crippen molar-refractivity contribution in [2.24, 2.45) is 0 Å². The topological polar surface area (TPSA) is 25.0 Å². The lowest BCUT2D eigenvalue weighted by Gasteiger charge is -2.17. The van der Waals surface area contributed by atoms with Crippen LogP contribution in [0.5, 0.6) is 0 Å². The van der Waals surface area contributed by atoms with Gasteiger partial charge in [0, 0.05) is 18.1 Å². The molecule has 0 aromatic rings. The van der Waals surface area contributed by atoms with Crippen molar-refractivity contribution in [1.82, 2.24) is 4.90 Å². The predicted molar refractivity (Wildman–Crippen MR) is 65.7 cm³/mol. The molecule has 90 valence electrons. The van der Waals surface area contributed by atoms with Crippen LogP contribution in [0.4, 0.5) is 0 Å². The zero-order chi connectivity index (χ0) is 10.9. The third-order valence-electron chi connectivity index (χ3n) is 2.52. The Bertz CT molecular complexity index is 150. The first-order chi connectivity index (χ1) is 7.36. The minimum absolute atomic E-state index is 0.408. The number of hydrogen-bond acceptors (Lipinski definition) is 4. The summed E-state index contributed by atoms with van der Waals surface area (Å²) in [5.74, 6) is 2.32. The van der Waals surface area contributed by atoms with Crippen LogP contribution in [0.15, 0.2) is 0 Å². The Balaban J connectivity index is 1.75. The summed E-state index contributed by atoms with van der Waals surface area (Å²) in [5, 5.41) is 0. The smallest absolute Gasteiger partial charge is 0.104 e. The lowest BCUT2D eigenvalue weighted by molar-refractivity contribution is 0.130. The van der Waals surface area contributed by atoms with Crippen molar-refractivity contribution in [3.63, 3.8) is 0 Å². The zero-order valence-corrected chi connectivity index (χ0v) is 10.7. The van der Waals surface area contributed by atoms with E-state index in [4.69, 9.17) is 9.47 Å². The molecule has 4 heteroatoms. The number of ether oxygens (including phenoxy) is 2. The van der Waals surface area contributed by atoms with Crippen molar-refractivity contribution in [2.75, 3.05) is 51.0 Å². The molecule has 0 amide bonds. The van der Waals surface area contributed by atoms with Gasteiger partial charge in [0.15, 0.2) is 0 Å². The first-order valence-electron chi connectivity index (χ1n) is 5.86. The summed E-state index contributed by atoms with van der Waals surface area (Å²) in [7, 11) is 0.